The fourth-order valence-electron chi connectivity index (χ4n) is 1.63. The van der Waals surface area contributed by atoms with E-state index in [1.54, 1.807) is 0 Å². The zero-order chi connectivity index (χ0) is 14.9. The van der Waals surface area contributed by atoms with Gasteiger partial charge in [0.1, 0.15) is 6.61 Å². The zero-order valence-electron chi connectivity index (χ0n) is 11.1. The molecule has 0 amide bonds. The summed E-state index contributed by atoms with van der Waals surface area (Å²) >= 11 is 0.844. The average Bonchev–Trinajstić information content (AvgIpc) is 2.84. The molecule has 1 unspecified atom stereocenters. The van der Waals surface area contributed by atoms with E-state index in [0.29, 0.717) is 0 Å². The van der Waals surface area contributed by atoms with Gasteiger partial charge in [-0.15, -0.1) is 11.3 Å². The van der Waals surface area contributed by atoms with E-state index in [2.05, 4.69) is 9.47 Å². The van der Waals surface area contributed by atoms with Crippen LogP contribution in [0.2, 0.25) is 0 Å². The van der Waals surface area contributed by atoms with Gasteiger partial charge in [0.15, 0.2) is 33.1 Å². The first-order chi connectivity index (χ1) is 9.49. The van der Waals surface area contributed by atoms with Crippen molar-refractivity contribution in [3.8, 4) is 11.5 Å². The molecule has 0 spiro atoms. The SMILES string of the molecule is COC(=O)c1sc(C(=O)OC)c2c1OCC(C(C)=O)O2. The molecule has 1 atom stereocenters. The molecule has 108 valence electrons. The molecule has 8 heteroatoms. The number of carbonyl (C=O) groups excluding carboxylic acids is 3. The van der Waals surface area contributed by atoms with Crippen LogP contribution in [0.25, 0.3) is 0 Å². The van der Waals surface area contributed by atoms with E-state index >= 15 is 0 Å². The summed E-state index contributed by atoms with van der Waals surface area (Å²) in [5.74, 6) is -1.40. The molecule has 0 N–H and O–H groups in total. The third-order valence-corrected chi connectivity index (χ3v) is 3.77. The Balaban J connectivity index is 2.50. The van der Waals surface area contributed by atoms with Crippen molar-refractivity contribution in [2.24, 2.45) is 0 Å². The predicted octanol–water partition coefficient (Wildman–Crippen LogP) is 1.05. The second-order valence-electron chi connectivity index (χ2n) is 3.93. The molecular weight excluding hydrogens is 288 g/mol. The number of hydrogen-bond acceptors (Lipinski definition) is 8. The summed E-state index contributed by atoms with van der Waals surface area (Å²) < 4.78 is 20.1. The molecule has 0 aromatic carbocycles. The maximum atomic E-state index is 11.7. The maximum Gasteiger partial charge on any atom is 0.352 e. The van der Waals surface area contributed by atoms with Crippen LogP contribution >= 0.6 is 11.3 Å². The Hall–Kier alpha value is -2.09. The number of esters is 2. The molecule has 0 saturated carbocycles. The normalized spacial score (nSPS) is 16.4. The van der Waals surface area contributed by atoms with Gasteiger partial charge in [0.25, 0.3) is 0 Å². The molecule has 0 aliphatic carbocycles. The first kappa shape index (κ1) is 14.3. The number of ketones is 1. The molecule has 0 saturated heterocycles. The highest BCUT2D eigenvalue weighted by Crippen LogP contribution is 2.45. The van der Waals surface area contributed by atoms with E-state index in [9.17, 15) is 14.4 Å². The first-order valence-electron chi connectivity index (χ1n) is 5.62. The van der Waals surface area contributed by atoms with Gasteiger partial charge in [-0.3, -0.25) is 4.79 Å². The summed E-state index contributed by atoms with van der Waals surface area (Å²) in [6, 6.07) is 0. The Morgan fingerprint density at radius 2 is 1.65 bits per heavy atom. The molecule has 2 heterocycles. The average molecular weight is 300 g/mol. The largest absolute Gasteiger partial charge is 0.484 e. The van der Waals surface area contributed by atoms with Crippen molar-refractivity contribution in [3.05, 3.63) is 9.75 Å². The monoisotopic (exact) mass is 300 g/mol. The van der Waals surface area contributed by atoms with E-state index in [1.807, 2.05) is 0 Å². The standard InChI is InChI=1S/C12H12O7S/c1-5(13)6-4-18-7-8(19-6)10(12(15)17-3)20-9(7)11(14)16-2/h6H,4H2,1-3H3. The molecule has 1 aliphatic rings. The van der Waals surface area contributed by atoms with Gasteiger partial charge in [-0.25, -0.2) is 9.59 Å². The van der Waals surface area contributed by atoms with Crippen LogP contribution in [0.5, 0.6) is 11.5 Å². The van der Waals surface area contributed by atoms with Crippen LogP contribution in [0.3, 0.4) is 0 Å². The van der Waals surface area contributed by atoms with Crippen molar-refractivity contribution in [2.75, 3.05) is 20.8 Å². The van der Waals surface area contributed by atoms with Gasteiger partial charge in [-0.2, -0.15) is 0 Å². The summed E-state index contributed by atoms with van der Waals surface area (Å²) in [5, 5.41) is 0. The number of Topliss-reactive ketones (excluding diaryl/α,β-unsaturated/α-hetero) is 1. The maximum absolute atomic E-state index is 11.7. The van der Waals surface area contributed by atoms with Crippen LogP contribution in [0.4, 0.5) is 0 Å². The highest BCUT2D eigenvalue weighted by Gasteiger charge is 2.36. The summed E-state index contributed by atoms with van der Waals surface area (Å²) in [5.41, 5.74) is 0. The van der Waals surface area contributed by atoms with E-state index < -0.39 is 18.0 Å². The fraction of sp³-hybridized carbons (Fsp3) is 0.417. The molecule has 0 bridgehead atoms. The Bertz CT molecular complexity index is 575. The molecule has 20 heavy (non-hydrogen) atoms. The lowest BCUT2D eigenvalue weighted by Gasteiger charge is -2.23. The quantitative estimate of drug-likeness (QED) is 0.771. The van der Waals surface area contributed by atoms with Crippen LogP contribution in [0, 0.1) is 0 Å². The second kappa shape index (κ2) is 5.49. The lowest BCUT2D eigenvalue weighted by molar-refractivity contribution is -0.125. The molecule has 7 nitrogen and oxygen atoms in total. The Labute approximate surface area is 118 Å². The van der Waals surface area contributed by atoms with E-state index in [-0.39, 0.29) is 33.6 Å². The highest BCUT2D eigenvalue weighted by molar-refractivity contribution is 7.16. The first-order valence-corrected chi connectivity index (χ1v) is 6.44. The minimum Gasteiger partial charge on any atom is -0.484 e. The van der Waals surface area contributed by atoms with Crippen LogP contribution in [-0.4, -0.2) is 44.7 Å². The topological polar surface area (TPSA) is 88.1 Å². The molecule has 1 aromatic heterocycles. The van der Waals surface area contributed by atoms with Crippen LogP contribution < -0.4 is 9.47 Å². The predicted molar refractivity (Wildman–Crippen MR) is 67.6 cm³/mol. The van der Waals surface area contributed by atoms with Gasteiger partial charge in [0, 0.05) is 0 Å². The zero-order valence-corrected chi connectivity index (χ0v) is 11.9. The Kier molecular flexibility index (Phi) is 3.93. The number of methoxy groups -OCH3 is 2. The smallest absolute Gasteiger partial charge is 0.352 e. The van der Waals surface area contributed by atoms with Gasteiger partial charge in [-0.1, -0.05) is 0 Å². The van der Waals surface area contributed by atoms with E-state index in [0.717, 1.165) is 11.3 Å². The number of rotatable bonds is 3. The van der Waals surface area contributed by atoms with Crippen LogP contribution in [0.15, 0.2) is 0 Å². The van der Waals surface area contributed by atoms with Gasteiger partial charge < -0.3 is 18.9 Å². The number of thiophene rings is 1. The number of hydrogen-bond donors (Lipinski definition) is 0. The van der Waals surface area contributed by atoms with Crippen LogP contribution in [0.1, 0.15) is 26.3 Å². The molecule has 0 fully saturated rings. The van der Waals surface area contributed by atoms with Crippen molar-refractivity contribution in [3.63, 3.8) is 0 Å². The summed E-state index contributed by atoms with van der Waals surface area (Å²) in [6.45, 7) is 1.33. The van der Waals surface area contributed by atoms with Crippen LogP contribution in [-0.2, 0) is 14.3 Å². The van der Waals surface area contributed by atoms with Gasteiger partial charge in [0.2, 0.25) is 0 Å². The number of carbonyl (C=O) groups is 3. The minimum absolute atomic E-state index is 0.0241. The summed E-state index contributed by atoms with van der Waals surface area (Å²) in [4.78, 5) is 34.9. The summed E-state index contributed by atoms with van der Waals surface area (Å²) in [6.07, 6.45) is -0.814. The fourth-order valence-corrected chi connectivity index (χ4v) is 2.64. The summed E-state index contributed by atoms with van der Waals surface area (Å²) in [7, 11) is 2.42. The number of ether oxygens (including phenoxy) is 4. The molecule has 0 radical (unpaired) electrons. The van der Waals surface area contributed by atoms with E-state index in [4.69, 9.17) is 9.47 Å². The lowest BCUT2D eigenvalue weighted by atomic mass is 10.2. The highest BCUT2D eigenvalue weighted by atomic mass is 32.1. The van der Waals surface area contributed by atoms with Crippen molar-refractivity contribution < 1.29 is 33.3 Å². The van der Waals surface area contributed by atoms with Gasteiger partial charge >= 0.3 is 11.9 Å². The molecule has 1 aromatic rings. The Morgan fingerprint density at radius 3 is 2.15 bits per heavy atom. The second-order valence-corrected chi connectivity index (χ2v) is 4.95. The minimum atomic E-state index is -0.814. The van der Waals surface area contributed by atoms with Crippen molar-refractivity contribution >= 4 is 29.1 Å². The third kappa shape index (κ3) is 2.34. The lowest BCUT2D eigenvalue weighted by Crippen LogP contribution is -2.35. The van der Waals surface area contributed by atoms with Gasteiger partial charge in [-0.05, 0) is 6.92 Å². The number of fused-ring (bicyclic) bond motifs is 1. The molecular formula is C12H12O7S. The van der Waals surface area contributed by atoms with Crippen molar-refractivity contribution in [1.29, 1.82) is 0 Å². The third-order valence-electron chi connectivity index (χ3n) is 2.66. The Morgan fingerprint density at radius 1 is 1.10 bits per heavy atom. The van der Waals surface area contributed by atoms with Crippen molar-refractivity contribution in [1.82, 2.24) is 0 Å². The van der Waals surface area contributed by atoms with Gasteiger partial charge in [0.05, 0.1) is 14.2 Å². The van der Waals surface area contributed by atoms with Crippen molar-refractivity contribution in [2.45, 2.75) is 13.0 Å². The molecule has 1 aliphatic heterocycles. The van der Waals surface area contributed by atoms with E-state index in [1.165, 1.54) is 21.1 Å². The molecule has 2 rings (SSSR count).